The van der Waals surface area contributed by atoms with Crippen LogP contribution in [-0.2, 0) is 14.3 Å². The quantitative estimate of drug-likeness (QED) is 0.316. The lowest BCUT2D eigenvalue weighted by Crippen LogP contribution is -2.56. The number of hydrogen-bond donors (Lipinski definition) is 1. The summed E-state index contributed by atoms with van der Waals surface area (Å²) in [4.78, 5) is 65.8. The number of nitrogens with zero attached hydrogens (tertiary/aromatic N) is 4. The van der Waals surface area contributed by atoms with Gasteiger partial charge in [0.15, 0.2) is 5.82 Å². The number of amides is 3. The van der Waals surface area contributed by atoms with Gasteiger partial charge in [0.25, 0.3) is 11.8 Å². The molecule has 2 heterocycles. The van der Waals surface area contributed by atoms with Gasteiger partial charge in [-0.1, -0.05) is 48.5 Å². The van der Waals surface area contributed by atoms with E-state index in [-0.39, 0.29) is 36.5 Å². The predicted molar refractivity (Wildman–Crippen MR) is 176 cm³/mol. The van der Waals surface area contributed by atoms with Crippen LogP contribution in [0.4, 0.5) is 0 Å². The molecule has 1 aliphatic carbocycles. The van der Waals surface area contributed by atoms with E-state index in [2.05, 4.69) is 15.3 Å². The topological polar surface area (TPSA) is 131 Å². The van der Waals surface area contributed by atoms with E-state index in [4.69, 9.17) is 9.47 Å². The van der Waals surface area contributed by atoms with Gasteiger partial charge in [0, 0.05) is 49.8 Å². The van der Waals surface area contributed by atoms with Gasteiger partial charge < -0.3 is 24.6 Å². The number of benzene rings is 2. The SMILES string of the molecule is CC(C)(C)OC(=O)CC[C@H](NC(=O)c1cc(OC2CCCC2)nc(-c2ccccc2)n1)C(=O)N1CCN(C(=O)c2ccccc2)CC1. The Morgan fingerprint density at radius 1 is 0.872 bits per heavy atom. The van der Waals surface area contributed by atoms with Gasteiger partial charge in [-0.3, -0.25) is 19.2 Å². The Labute approximate surface area is 275 Å². The minimum atomic E-state index is -1.03. The molecular formula is C36H43N5O6. The molecule has 3 amide bonds. The lowest BCUT2D eigenvalue weighted by atomic mass is 10.1. The summed E-state index contributed by atoms with van der Waals surface area (Å²) < 4.78 is 11.6. The van der Waals surface area contributed by atoms with Crippen molar-refractivity contribution in [3.05, 3.63) is 78.0 Å². The molecule has 1 aromatic heterocycles. The summed E-state index contributed by atoms with van der Waals surface area (Å²) in [6.45, 7) is 6.60. The van der Waals surface area contributed by atoms with Crippen LogP contribution in [0.5, 0.6) is 5.88 Å². The van der Waals surface area contributed by atoms with Crippen LogP contribution in [0.1, 0.15) is 80.1 Å². The first-order valence-electron chi connectivity index (χ1n) is 16.3. The van der Waals surface area contributed by atoms with Crippen LogP contribution in [-0.4, -0.2) is 87.4 Å². The summed E-state index contributed by atoms with van der Waals surface area (Å²) in [6, 6.07) is 18.8. The second-order valence-corrected chi connectivity index (χ2v) is 12.9. The summed E-state index contributed by atoms with van der Waals surface area (Å²) in [6.07, 6.45) is 3.95. The maximum atomic E-state index is 13.9. The van der Waals surface area contributed by atoms with Gasteiger partial charge in [-0.15, -0.1) is 0 Å². The minimum Gasteiger partial charge on any atom is -0.474 e. The number of rotatable bonds is 10. The van der Waals surface area contributed by atoms with Gasteiger partial charge in [0.2, 0.25) is 11.8 Å². The number of ether oxygens (including phenoxy) is 2. The van der Waals surface area contributed by atoms with Crippen LogP contribution in [0, 0.1) is 0 Å². The van der Waals surface area contributed by atoms with Gasteiger partial charge in [-0.25, -0.2) is 4.98 Å². The second-order valence-electron chi connectivity index (χ2n) is 12.9. The Bertz CT molecular complexity index is 1550. The van der Waals surface area contributed by atoms with Gasteiger partial charge >= 0.3 is 5.97 Å². The predicted octanol–water partition coefficient (Wildman–Crippen LogP) is 4.67. The molecule has 47 heavy (non-hydrogen) atoms. The van der Waals surface area contributed by atoms with E-state index in [1.165, 1.54) is 6.07 Å². The third kappa shape index (κ3) is 9.37. The van der Waals surface area contributed by atoms with Gasteiger partial charge in [-0.05, 0) is 65.0 Å². The van der Waals surface area contributed by atoms with Gasteiger partial charge in [0.05, 0.1) is 0 Å². The average molecular weight is 642 g/mol. The van der Waals surface area contributed by atoms with Gasteiger partial charge in [-0.2, -0.15) is 4.98 Å². The fraction of sp³-hybridized carbons (Fsp3) is 0.444. The molecule has 2 fully saturated rings. The highest BCUT2D eigenvalue weighted by atomic mass is 16.6. The number of aromatic nitrogens is 2. The van der Waals surface area contributed by atoms with E-state index in [1.54, 1.807) is 42.7 Å². The van der Waals surface area contributed by atoms with Crippen molar-refractivity contribution in [1.29, 1.82) is 0 Å². The van der Waals surface area contributed by atoms with Crippen molar-refractivity contribution in [3.63, 3.8) is 0 Å². The molecule has 1 N–H and O–H groups in total. The van der Waals surface area contributed by atoms with Crippen molar-refractivity contribution in [2.75, 3.05) is 26.2 Å². The Kier molecular flexibility index (Phi) is 10.8. The second kappa shape index (κ2) is 15.2. The summed E-state index contributed by atoms with van der Waals surface area (Å²) in [5, 5.41) is 2.84. The summed E-state index contributed by atoms with van der Waals surface area (Å²) in [5.74, 6) is -0.854. The largest absolute Gasteiger partial charge is 0.474 e. The molecule has 248 valence electrons. The molecule has 1 saturated carbocycles. The zero-order valence-corrected chi connectivity index (χ0v) is 27.3. The molecule has 0 spiro atoms. The summed E-state index contributed by atoms with van der Waals surface area (Å²) >= 11 is 0. The molecule has 0 radical (unpaired) electrons. The molecule has 0 unspecified atom stereocenters. The van der Waals surface area contributed by atoms with E-state index in [0.717, 1.165) is 31.2 Å². The Morgan fingerprint density at radius 3 is 2.13 bits per heavy atom. The highest BCUT2D eigenvalue weighted by Crippen LogP contribution is 2.26. The Balaban J connectivity index is 1.33. The molecule has 11 nitrogen and oxygen atoms in total. The molecule has 1 atom stereocenters. The zero-order chi connectivity index (χ0) is 33.4. The number of carbonyl (C=O) groups is 4. The van der Waals surface area contributed by atoms with E-state index >= 15 is 0 Å². The number of carbonyl (C=O) groups excluding carboxylic acids is 4. The zero-order valence-electron chi connectivity index (χ0n) is 27.3. The van der Waals surface area contributed by atoms with Crippen LogP contribution < -0.4 is 10.1 Å². The molecule has 3 aromatic rings. The number of piperazine rings is 1. The molecule has 11 heteroatoms. The lowest BCUT2D eigenvalue weighted by Gasteiger charge is -2.36. The van der Waals surface area contributed by atoms with Crippen molar-refractivity contribution in [2.45, 2.75) is 77.0 Å². The van der Waals surface area contributed by atoms with Crippen LogP contribution in [0.25, 0.3) is 11.4 Å². The number of nitrogens with one attached hydrogen (secondary N) is 1. The molecule has 1 aliphatic heterocycles. The fourth-order valence-corrected chi connectivity index (χ4v) is 5.75. The van der Waals surface area contributed by atoms with E-state index < -0.39 is 23.5 Å². The highest BCUT2D eigenvalue weighted by molar-refractivity contribution is 5.97. The lowest BCUT2D eigenvalue weighted by molar-refractivity contribution is -0.155. The van der Waals surface area contributed by atoms with Crippen molar-refractivity contribution >= 4 is 23.7 Å². The standard InChI is InChI=1S/C36H43N5O6/c1-36(2,3)47-31(42)19-18-28(35(45)41-22-20-40(21-23-41)34(44)26-14-8-5-9-15-26)38-33(43)29-24-30(46-27-16-10-11-17-27)39-32(37-29)25-12-6-4-7-13-25/h4-9,12-15,24,27-28H,10-11,16-23H2,1-3H3,(H,38,43)/t28-/m0/s1. The molecule has 5 rings (SSSR count). The molecule has 1 saturated heterocycles. The molecule has 0 bridgehead atoms. The minimum absolute atomic E-state index is 0.0139. The fourth-order valence-electron chi connectivity index (χ4n) is 5.75. The third-order valence-electron chi connectivity index (χ3n) is 8.12. The molecule has 2 aromatic carbocycles. The van der Waals surface area contributed by atoms with Crippen molar-refractivity contribution < 1.29 is 28.7 Å². The molecule has 2 aliphatic rings. The highest BCUT2D eigenvalue weighted by Gasteiger charge is 2.32. The maximum Gasteiger partial charge on any atom is 0.306 e. The summed E-state index contributed by atoms with van der Waals surface area (Å²) in [5.41, 5.74) is 0.677. The van der Waals surface area contributed by atoms with Gasteiger partial charge in [0.1, 0.15) is 23.4 Å². The Hall–Kier alpha value is -4.80. The van der Waals surface area contributed by atoms with Crippen LogP contribution in [0.2, 0.25) is 0 Å². The third-order valence-corrected chi connectivity index (χ3v) is 8.12. The van der Waals surface area contributed by atoms with Crippen molar-refractivity contribution in [1.82, 2.24) is 25.1 Å². The monoisotopic (exact) mass is 641 g/mol. The first-order chi connectivity index (χ1) is 22.6. The van der Waals surface area contributed by atoms with E-state index in [0.29, 0.717) is 43.4 Å². The van der Waals surface area contributed by atoms with Crippen LogP contribution in [0.15, 0.2) is 66.7 Å². The first-order valence-corrected chi connectivity index (χ1v) is 16.3. The normalized spacial score (nSPS) is 16.0. The number of hydrogen-bond acceptors (Lipinski definition) is 8. The van der Waals surface area contributed by atoms with Crippen molar-refractivity contribution in [3.8, 4) is 17.3 Å². The van der Waals surface area contributed by atoms with Crippen molar-refractivity contribution in [2.24, 2.45) is 0 Å². The van der Waals surface area contributed by atoms with Crippen LogP contribution >= 0.6 is 0 Å². The smallest absolute Gasteiger partial charge is 0.306 e. The Morgan fingerprint density at radius 2 is 1.49 bits per heavy atom. The first kappa shape index (κ1) is 33.6. The number of esters is 1. The summed E-state index contributed by atoms with van der Waals surface area (Å²) in [7, 11) is 0. The maximum absolute atomic E-state index is 13.9. The van der Waals surface area contributed by atoms with Crippen LogP contribution in [0.3, 0.4) is 0 Å². The molecular weight excluding hydrogens is 598 g/mol. The van der Waals surface area contributed by atoms with E-state index in [1.807, 2.05) is 48.5 Å². The van der Waals surface area contributed by atoms with E-state index in [9.17, 15) is 19.2 Å². The average Bonchev–Trinajstić information content (AvgIpc) is 3.59.